The Bertz CT molecular complexity index is 1550. The SMILES string of the molecule is COc1ccc(/C=C2\SC(=O)N(Cc3ccccc3C)C2=O)cc1OS(=O)(=O)c1ccc(NC(C)=O)cc1. The van der Waals surface area contributed by atoms with E-state index in [4.69, 9.17) is 8.92 Å². The van der Waals surface area contributed by atoms with Crippen LogP contribution in [0.3, 0.4) is 0 Å². The molecular formula is C27H24N2O7S2. The van der Waals surface area contributed by atoms with E-state index in [1.807, 2.05) is 31.2 Å². The fraction of sp³-hybridized carbons (Fsp3) is 0.148. The third-order valence-electron chi connectivity index (χ3n) is 5.61. The van der Waals surface area contributed by atoms with Gasteiger partial charge in [0.05, 0.1) is 18.6 Å². The molecule has 0 bridgehead atoms. The molecule has 4 rings (SSSR count). The van der Waals surface area contributed by atoms with Crippen LogP contribution in [0.4, 0.5) is 10.5 Å². The fourth-order valence-corrected chi connectivity index (χ4v) is 5.44. The third kappa shape index (κ3) is 6.06. The first-order valence-corrected chi connectivity index (χ1v) is 13.6. The summed E-state index contributed by atoms with van der Waals surface area (Å²) in [6.45, 7) is 3.41. The molecule has 9 nitrogen and oxygen atoms in total. The Morgan fingerprint density at radius 2 is 1.74 bits per heavy atom. The molecule has 3 aromatic carbocycles. The van der Waals surface area contributed by atoms with Gasteiger partial charge in [0.2, 0.25) is 5.91 Å². The Morgan fingerprint density at radius 1 is 1.03 bits per heavy atom. The fourth-order valence-electron chi connectivity index (χ4n) is 3.67. The van der Waals surface area contributed by atoms with Crippen LogP contribution >= 0.6 is 11.8 Å². The van der Waals surface area contributed by atoms with Crippen LogP contribution < -0.4 is 14.2 Å². The number of hydrogen-bond donors (Lipinski definition) is 1. The summed E-state index contributed by atoms with van der Waals surface area (Å²) in [5.74, 6) is -0.653. The number of thioether (sulfide) groups is 1. The van der Waals surface area contributed by atoms with Gasteiger partial charge in [-0.05, 0) is 77.9 Å². The molecule has 1 saturated heterocycles. The molecule has 1 aliphatic heterocycles. The number of benzene rings is 3. The normalized spacial score (nSPS) is 14.6. The van der Waals surface area contributed by atoms with Crippen molar-refractivity contribution in [1.29, 1.82) is 0 Å². The molecule has 3 aromatic rings. The summed E-state index contributed by atoms with van der Waals surface area (Å²) in [5, 5.41) is 2.17. The van der Waals surface area contributed by atoms with Crippen molar-refractivity contribution >= 4 is 50.7 Å². The molecule has 0 aliphatic carbocycles. The largest absolute Gasteiger partial charge is 0.493 e. The lowest BCUT2D eigenvalue weighted by Crippen LogP contribution is -2.27. The zero-order valence-electron chi connectivity index (χ0n) is 20.8. The first-order valence-electron chi connectivity index (χ1n) is 11.4. The molecule has 0 atom stereocenters. The van der Waals surface area contributed by atoms with E-state index < -0.39 is 16.0 Å². The van der Waals surface area contributed by atoms with E-state index in [1.54, 1.807) is 6.07 Å². The molecule has 196 valence electrons. The number of hydrogen-bond acceptors (Lipinski definition) is 8. The van der Waals surface area contributed by atoms with Crippen LogP contribution in [0.15, 0.2) is 76.5 Å². The molecule has 3 amide bonds. The lowest BCUT2D eigenvalue weighted by Gasteiger charge is -2.14. The summed E-state index contributed by atoms with van der Waals surface area (Å²) < 4.78 is 36.4. The number of nitrogens with one attached hydrogen (secondary N) is 1. The van der Waals surface area contributed by atoms with Crippen LogP contribution in [0.2, 0.25) is 0 Å². The highest BCUT2D eigenvalue weighted by atomic mass is 32.2. The van der Waals surface area contributed by atoms with Crippen molar-refractivity contribution in [3.8, 4) is 11.5 Å². The number of rotatable bonds is 8. The molecule has 1 aliphatic rings. The Kier molecular flexibility index (Phi) is 7.88. The van der Waals surface area contributed by atoms with Gasteiger partial charge in [0.15, 0.2) is 11.5 Å². The van der Waals surface area contributed by atoms with Crippen molar-refractivity contribution in [3.63, 3.8) is 0 Å². The van der Waals surface area contributed by atoms with E-state index in [9.17, 15) is 22.8 Å². The molecule has 38 heavy (non-hydrogen) atoms. The molecule has 1 heterocycles. The van der Waals surface area contributed by atoms with Crippen LogP contribution in [0.5, 0.6) is 11.5 Å². The van der Waals surface area contributed by atoms with Crippen molar-refractivity contribution in [2.75, 3.05) is 12.4 Å². The quantitative estimate of drug-likeness (QED) is 0.307. The number of carbonyl (C=O) groups excluding carboxylic acids is 3. The standard InChI is InChI=1S/C27H24N2O7S2/c1-17-6-4-5-7-20(17)16-29-26(31)25(37-27(29)32)15-19-8-13-23(35-3)24(14-19)36-38(33,34)22-11-9-21(10-12-22)28-18(2)30/h4-15H,16H2,1-3H3,(H,28,30)/b25-15-. The van der Waals surface area contributed by atoms with Crippen molar-refractivity contribution in [2.24, 2.45) is 0 Å². The summed E-state index contributed by atoms with van der Waals surface area (Å²) in [6, 6.07) is 17.6. The summed E-state index contributed by atoms with van der Waals surface area (Å²) in [6.07, 6.45) is 1.50. The number of amides is 3. The molecule has 1 N–H and O–H groups in total. The van der Waals surface area contributed by atoms with E-state index in [0.717, 1.165) is 22.9 Å². The van der Waals surface area contributed by atoms with Crippen molar-refractivity contribution in [2.45, 2.75) is 25.3 Å². The lowest BCUT2D eigenvalue weighted by atomic mass is 10.1. The first kappa shape index (κ1) is 27.0. The number of aryl methyl sites for hydroxylation is 1. The summed E-state index contributed by atoms with van der Waals surface area (Å²) in [7, 11) is -2.88. The zero-order chi connectivity index (χ0) is 27.4. The van der Waals surface area contributed by atoms with E-state index in [1.165, 1.54) is 61.4 Å². The van der Waals surface area contributed by atoms with E-state index in [-0.39, 0.29) is 39.0 Å². The highest BCUT2D eigenvalue weighted by molar-refractivity contribution is 8.18. The monoisotopic (exact) mass is 552 g/mol. The third-order valence-corrected chi connectivity index (χ3v) is 7.77. The number of methoxy groups -OCH3 is 1. The maximum Gasteiger partial charge on any atom is 0.339 e. The van der Waals surface area contributed by atoms with Gasteiger partial charge in [-0.25, -0.2) is 0 Å². The van der Waals surface area contributed by atoms with Crippen molar-refractivity contribution in [1.82, 2.24) is 4.90 Å². The van der Waals surface area contributed by atoms with Crippen LogP contribution in [0, 0.1) is 6.92 Å². The number of carbonyl (C=O) groups is 3. The van der Waals surface area contributed by atoms with Gasteiger partial charge >= 0.3 is 10.1 Å². The van der Waals surface area contributed by atoms with Gasteiger partial charge in [0.25, 0.3) is 11.1 Å². The second-order valence-corrected chi connectivity index (χ2v) is 10.9. The van der Waals surface area contributed by atoms with Gasteiger partial charge < -0.3 is 14.2 Å². The van der Waals surface area contributed by atoms with E-state index in [2.05, 4.69) is 5.32 Å². The van der Waals surface area contributed by atoms with Gasteiger partial charge in [0.1, 0.15) is 4.90 Å². The maximum absolute atomic E-state index is 13.0. The number of ether oxygens (including phenoxy) is 1. The van der Waals surface area contributed by atoms with Crippen molar-refractivity contribution < 1.29 is 31.7 Å². The van der Waals surface area contributed by atoms with Gasteiger partial charge in [-0.15, -0.1) is 0 Å². The predicted molar refractivity (Wildman–Crippen MR) is 144 cm³/mol. The molecule has 0 saturated carbocycles. The van der Waals surface area contributed by atoms with Crippen LogP contribution in [-0.2, 0) is 26.3 Å². The van der Waals surface area contributed by atoms with Gasteiger partial charge in [-0.1, -0.05) is 30.3 Å². The molecular weight excluding hydrogens is 528 g/mol. The summed E-state index contributed by atoms with van der Waals surface area (Å²) in [5.41, 5.74) is 2.72. The van der Waals surface area contributed by atoms with E-state index >= 15 is 0 Å². The Hall–Kier alpha value is -4.09. The van der Waals surface area contributed by atoms with Crippen LogP contribution in [0.1, 0.15) is 23.6 Å². The van der Waals surface area contributed by atoms with Crippen LogP contribution in [-0.4, -0.2) is 37.5 Å². The molecule has 0 spiro atoms. The second-order valence-electron chi connectivity index (χ2n) is 8.35. The van der Waals surface area contributed by atoms with Crippen molar-refractivity contribution in [3.05, 3.63) is 88.3 Å². The second kappa shape index (κ2) is 11.1. The van der Waals surface area contributed by atoms with Gasteiger partial charge in [-0.3, -0.25) is 19.3 Å². The minimum Gasteiger partial charge on any atom is -0.493 e. The lowest BCUT2D eigenvalue weighted by molar-refractivity contribution is -0.123. The van der Waals surface area contributed by atoms with Crippen LogP contribution in [0.25, 0.3) is 6.08 Å². The van der Waals surface area contributed by atoms with Gasteiger partial charge in [-0.2, -0.15) is 8.42 Å². The Morgan fingerprint density at radius 3 is 2.39 bits per heavy atom. The molecule has 1 fully saturated rings. The predicted octanol–water partition coefficient (Wildman–Crippen LogP) is 4.97. The maximum atomic E-state index is 13.0. The molecule has 0 aromatic heterocycles. The minimum atomic E-state index is -4.25. The highest BCUT2D eigenvalue weighted by Gasteiger charge is 2.35. The zero-order valence-corrected chi connectivity index (χ0v) is 22.4. The average Bonchev–Trinajstić information content (AvgIpc) is 3.12. The average molecular weight is 553 g/mol. The number of imide groups is 1. The smallest absolute Gasteiger partial charge is 0.339 e. The summed E-state index contributed by atoms with van der Waals surface area (Å²) >= 11 is 0.811. The minimum absolute atomic E-state index is 0.0914. The number of nitrogens with zero attached hydrogens (tertiary/aromatic N) is 1. The Labute approximate surface area is 224 Å². The molecule has 0 unspecified atom stereocenters. The highest BCUT2D eigenvalue weighted by Crippen LogP contribution is 2.36. The Balaban J connectivity index is 1.57. The first-order chi connectivity index (χ1) is 18.1. The van der Waals surface area contributed by atoms with Gasteiger partial charge in [0, 0.05) is 12.6 Å². The topological polar surface area (TPSA) is 119 Å². The van der Waals surface area contributed by atoms with E-state index in [0.29, 0.717) is 11.3 Å². The number of anilines is 1. The molecule has 0 radical (unpaired) electrons. The molecule has 11 heteroatoms. The summed E-state index contributed by atoms with van der Waals surface area (Å²) in [4.78, 5) is 38.0.